The lowest BCUT2D eigenvalue weighted by Gasteiger charge is -2.20. The Morgan fingerprint density at radius 2 is 2.00 bits per heavy atom. The highest BCUT2D eigenvalue weighted by molar-refractivity contribution is 6.40. The van der Waals surface area contributed by atoms with Crippen LogP contribution in [0.4, 0.5) is 0 Å². The summed E-state index contributed by atoms with van der Waals surface area (Å²) < 4.78 is 15.7. The number of rotatable bonds is 3. The molecule has 6 nitrogen and oxygen atoms in total. The number of ketones is 1. The summed E-state index contributed by atoms with van der Waals surface area (Å²) in [4.78, 5) is 22.0. The monoisotopic (exact) mass is 238 g/mol. The molecule has 0 spiro atoms. The van der Waals surface area contributed by atoms with Crippen LogP contribution in [-0.4, -0.2) is 37.2 Å². The van der Waals surface area contributed by atoms with Gasteiger partial charge in [-0.3, -0.25) is 4.79 Å². The number of carbonyl (C=O) groups is 2. The number of hydrogen-bond donors (Lipinski definition) is 1. The molecule has 1 heterocycles. The van der Waals surface area contributed by atoms with Gasteiger partial charge >= 0.3 is 5.97 Å². The molecule has 0 fully saturated rings. The Bertz CT molecular complexity index is 462. The van der Waals surface area contributed by atoms with Gasteiger partial charge in [0.05, 0.1) is 7.11 Å². The first-order chi connectivity index (χ1) is 8.13. The fourth-order valence-corrected chi connectivity index (χ4v) is 1.53. The molecule has 0 unspecified atom stereocenters. The number of carboxylic acid groups (broad SMARTS) is 1. The van der Waals surface area contributed by atoms with E-state index < -0.39 is 11.8 Å². The molecule has 0 amide bonds. The second-order valence-electron chi connectivity index (χ2n) is 3.34. The summed E-state index contributed by atoms with van der Waals surface area (Å²) in [5, 5.41) is 8.64. The Hall–Kier alpha value is -2.24. The molecule has 17 heavy (non-hydrogen) atoms. The molecule has 1 aromatic rings. The van der Waals surface area contributed by atoms with Crippen LogP contribution in [0.2, 0.25) is 0 Å². The van der Waals surface area contributed by atoms with Gasteiger partial charge in [-0.25, -0.2) is 4.79 Å². The second kappa shape index (κ2) is 4.32. The lowest BCUT2D eigenvalue weighted by Crippen LogP contribution is -2.18. The summed E-state index contributed by atoms with van der Waals surface area (Å²) in [5.41, 5.74) is -0.00130. The SMILES string of the molecule is COc1cc(C(=O)C(=O)O)cc2c1OCCO2. The topological polar surface area (TPSA) is 82.1 Å². The van der Waals surface area contributed by atoms with Gasteiger partial charge in [0.25, 0.3) is 5.78 Å². The molecule has 6 heteroatoms. The van der Waals surface area contributed by atoms with Crippen molar-refractivity contribution < 1.29 is 28.9 Å². The molecule has 1 aromatic carbocycles. The van der Waals surface area contributed by atoms with Crippen LogP contribution in [0, 0.1) is 0 Å². The minimum atomic E-state index is -1.52. The van der Waals surface area contributed by atoms with E-state index >= 15 is 0 Å². The Morgan fingerprint density at radius 1 is 1.29 bits per heavy atom. The Morgan fingerprint density at radius 3 is 2.65 bits per heavy atom. The average Bonchev–Trinajstić information content (AvgIpc) is 2.36. The van der Waals surface area contributed by atoms with E-state index in [9.17, 15) is 9.59 Å². The third kappa shape index (κ3) is 2.01. The highest BCUT2D eigenvalue weighted by atomic mass is 16.6. The molecular formula is C11H10O6. The first kappa shape index (κ1) is 11.3. The number of aliphatic carboxylic acids is 1. The second-order valence-corrected chi connectivity index (χ2v) is 3.34. The standard InChI is InChI=1S/C11H10O6/c1-15-7-4-6(9(12)11(13)14)5-8-10(7)17-3-2-16-8/h4-5H,2-3H2,1H3,(H,13,14). The van der Waals surface area contributed by atoms with E-state index in [4.69, 9.17) is 19.3 Å². The fraction of sp³-hybridized carbons (Fsp3) is 0.273. The van der Waals surface area contributed by atoms with Crippen LogP contribution in [0.3, 0.4) is 0 Å². The van der Waals surface area contributed by atoms with Crippen molar-refractivity contribution in [3.05, 3.63) is 17.7 Å². The molecule has 0 radical (unpaired) electrons. The van der Waals surface area contributed by atoms with E-state index in [1.807, 2.05) is 0 Å². The number of hydrogen-bond acceptors (Lipinski definition) is 5. The van der Waals surface area contributed by atoms with Gasteiger partial charge in [0.2, 0.25) is 5.75 Å². The molecule has 1 aliphatic rings. The fourth-order valence-electron chi connectivity index (χ4n) is 1.53. The first-order valence-electron chi connectivity index (χ1n) is 4.88. The van der Waals surface area contributed by atoms with Crippen molar-refractivity contribution in [1.82, 2.24) is 0 Å². The van der Waals surface area contributed by atoms with Crippen molar-refractivity contribution in [3.63, 3.8) is 0 Å². The zero-order valence-corrected chi connectivity index (χ0v) is 9.06. The van der Waals surface area contributed by atoms with Crippen molar-refractivity contribution in [3.8, 4) is 17.2 Å². The normalized spacial score (nSPS) is 13.0. The highest BCUT2D eigenvalue weighted by Crippen LogP contribution is 2.40. The molecule has 1 aliphatic heterocycles. The molecular weight excluding hydrogens is 228 g/mol. The van der Waals surface area contributed by atoms with Crippen molar-refractivity contribution in [2.24, 2.45) is 0 Å². The lowest BCUT2D eigenvalue weighted by atomic mass is 10.1. The molecule has 0 saturated carbocycles. The predicted molar refractivity (Wildman–Crippen MR) is 56.0 cm³/mol. The third-order valence-electron chi connectivity index (χ3n) is 2.28. The molecule has 0 aromatic heterocycles. The molecule has 0 saturated heterocycles. The quantitative estimate of drug-likeness (QED) is 0.617. The van der Waals surface area contributed by atoms with Crippen LogP contribution >= 0.6 is 0 Å². The van der Waals surface area contributed by atoms with E-state index in [1.54, 1.807) is 0 Å². The molecule has 90 valence electrons. The van der Waals surface area contributed by atoms with Crippen LogP contribution in [0.5, 0.6) is 17.2 Å². The Balaban J connectivity index is 2.49. The number of Topliss-reactive ketones (excluding diaryl/α,β-unsaturated/α-hetero) is 1. The van der Waals surface area contributed by atoms with Gasteiger partial charge in [-0.05, 0) is 12.1 Å². The molecule has 1 N–H and O–H groups in total. The van der Waals surface area contributed by atoms with Gasteiger partial charge in [0, 0.05) is 5.56 Å². The van der Waals surface area contributed by atoms with Gasteiger partial charge in [-0.1, -0.05) is 0 Å². The van der Waals surface area contributed by atoms with E-state index in [1.165, 1.54) is 19.2 Å². The van der Waals surface area contributed by atoms with Crippen molar-refractivity contribution in [2.75, 3.05) is 20.3 Å². The smallest absolute Gasteiger partial charge is 0.377 e. The van der Waals surface area contributed by atoms with Gasteiger partial charge in [0.15, 0.2) is 11.5 Å². The van der Waals surface area contributed by atoms with Crippen LogP contribution in [-0.2, 0) is 4.79 Å². The van der Waals surface area contributed by atoms with Crippen LogP contribution < -0.4 is 14.2 Å². The number of benzene rings is 1. The number of ether oxygens (including phenoxy) is 3. The van der Waals surface area contributed by atoms with E-state index in [0.29, 0.717) is 24.7 Å². The van der Waals surface area contributed by atoms with Gasteiger partial charge in [0.1, 0.15) is 13.2 Å². The van der Waals surface area contributed by atoms with Gasteiger partial charge < -0.3 is 19.3 Å². The largest absolute Gasteiger partial charge is 0.493 e. The van der Waals surface area contributed by atoms with Crippen molar-refractivity contribution >= 4 is 11.8 Å². The minimum absolute atomic E-state index is 0.00130. The molecule has 0 bridgehead atoms. The van der Waals surface area contributed by atoms with E-state index in [0.717, 1.165) is 0 Å². The highest BCUT2D eigenvalue weighted by Gasteiger charge is 2.23. The molecule has 2 rings (SSSR count). The van der Waals surface area contributed by atoms with Gasteiger partial charge in [-0.15, -0.1) is 0 Å². The zero-order valence-electron chi connectivity index (χ0n) is 9.06. The lowest BCUT2D eigenvalue weighted by molar-refractivity contribution is -0.131. The van der Waals surface area contributed by atoms with Crippen LogP contribution in [0.25, 0.3) is 0 Å². The third-order valence-corrected chi connectivity index (χ3v) is 2.28. The number of carboxylic acids is 1. The first-order valence-corrected chi connectivity index (χ1v) is 4.88. The Kier molecular flexibility index (Phi) is 2.86. The summed E-state index contributed by atoms with van der Waals surface area (Å²) in [5.74, 6) is -1.54. The summed E-state index contributed by atoms with van der Waals surface area (Å²) >= 11 is 0. The number of fused-ring (bicyclic) bond motifs is 1. The summed E-state index contributed by atoms with van der Waals surface area (Å²) in [6.07, 6.45) is 0. The van der Waals surface area contributed by atoms with E-state index in [-0.39, 0.29) is 11.3 Å². The molecule has 0 atom stereocenters. The predicted octanol–water partition coefficient (Wildman–Crippen LogP) is 0.734. The maximum atomic E-state index is 11.3. The summed E-state index contributed by atoms with van der Waals surface area (Å²) in [7, 11) is 1.41. The van der Waals surface area contributed by atoms with E-state index in [2.05, 4.69) is 0 Å². The number of methoxy groups -OCH3 is 1. The maximum Gasteiger partial charge on any atom is 0.377 e. The van der Waals surface area contributed by atoms with Crippen LogP contribution in [0.15, 0.2) is 12.1 Å². The van der Waals surface area contributed by atoms with Crippen molar-refractivity contribution in [2.45, 2.75) is 0 Å². The maximum absolute atomic E-state index is 11.3. The number of carbonyl (C=O) groups excluding carboxylic acids is 1. The average molecular weight is 238 g/mol. The Labute approximate surface area is 96.7 Å². The van der Waals surface area contributed by atoms with Crippen LogP contribution in [0.1, 0.15) is 10.4 Å². The summed E-state index contributed by atoms with van der Waals surface area (Å²) in [6.45, 7) is 0.733. The van der Waals surface area contributed by atoms with Crippen molar-refractivity contribution in [1.29, 1.82) is 0 Å². The van der Waals surface area contributed by atoms with Gasteiger partial charge in [-0.2, -0.15) is 0 Å². The zero-order chi connectivity index (χ0) is 12.4. The summed E-state index contributed by atoms with van der Waals surface area (Å²) in [6, 6.07) is 2.66. The minimum Gasteiger partial charge on any atom is -0.493 e. The molecule has 0 aliphatic carbocycles.